The second-order valence-electron chi connectivity index (χ2n) is 12.3. The summed E-state index contributed by atoms with van der Waals surface area (Å²) in [6, 6.07) is -1.59. The Morgan fingerprint density at radius 1 is 1.05 bits per heavy atom. The number of nitrogens with one attached hydrogen (secondary N) is 5. The number of carbonyl (C=O) groups is 5. The molecule has 0 aromatic carbocycles. The number of amides is 4. The van der Waals surface area contributed by atoms with Crippen molar-refractivity contribution in [3.63, 3.8) is 0 Å². The molecule has 0 bridgehead atoms. The van der Waals surface area contributed by atoms with Crippen molar-refractivity contribution in [1.82, 2.24) is 26.3 Å². The first kappa shape index (κ1) is 36.2. The lowest BCUT2D eigenvalue weighted by Gasteiger charge is -2.37. The maximum absolute atomic E-state index is 13.3. The van der Waals surface area contributed by atoms with E-state index < -0.39 is 70.7 Å². The average molecular weight is 644 g/mol. The Hall–Kier alpha value is -4.03. The number of carboxylic acid groups (broad SMARTS) is 1. The van der Waals surface area contributed by atoms with Crippen LogP contribution < -0.4 is 26.6 Å². The van der Waals surface area contributed by atoms with Crippen molar-refractivity contribution in [2.45, 2.75) is 90.4 Å². The van der Waals surface area contributed by atoms with Crippen molar-refractivity contribution < 1.29 is 48.5 Å². The number of hydrogen-bond acceptors (Lipinski definition) is 13. The molecule has 17 nitrogen and oxygen atoms in total. The number of β-lactam (4-membered cyclic amide) rings is 1. The van der Waals surface area contributed by atoms with E-state index in [1.54, 1.807) is 41.5 Å². The van der Waals surface area contributed by atoms with Crippen LogP contribution in [0.3, 0.4) is 0 Å². The third-order valence-corrected chi connectivity index (χ3v) is 6.13. The van der Waals surface area contributed by atoms with Gasteiger partial charge >= 0.3 is 18.2 Å². The first-order chi connectivity index (χ1) is 20.2. The molecule has 1 aromatic heterocycles. The number of aromatic nitrogens is 1. The minimum atomic E-state index is -1.81. The standard InChI is InChI=1S/C26H41N7O10S/c1-24(2,3)41-22(39)28-10-13(34)9-27-11-14-16(18(35)29-14)31-19(36)17(33-43-26(7,8)20(37)38)15-12-44-21(30-15)32-23(40)42-25(4,5)6/h12-14,16,27,34H,9-11H2,1-8H3,(H,28,39)(H,29,35)(H,31,36)(H,37,38)(H,30,32,40)/t13-,14+,16+/m1/s1. The third-order valence-electron chi connectivity index (χ3n) is 5.37. The molecule has 1 aliphatic rings. The number of hydrogen-bond donors (Lipinski definition) is 7. The van der Waals surface area contributed by atoms with Crippen molar-refractivity contribution in [3.05, 3.63) is 11.1 Å². The quantitative estimate of drug-likeness (QED) is 0.0885. The van der Waals surface area contributed by atoms with E-state index in [-0.39, 0.29) is 30.5 Å². The number of thiazole rings is 1. The number of aliphatic hydroxyl groups is 1. The molecule has 0 unspecified atom stereocenters. The smallest absolute Gasteiger partial charge is 0.413 e. The molecule has 1 fully saturated rings. The highest BCUT2D eigenvalue weighted by Gasteiger charge is 2.41. The lowest BCUT2D eigenvalue weighted by Crippen LogP contribution is -2.72. The molecule has 1 aliphatic heterocycles. The highest BCUT2D eigenvalue weighted by molar-refractivity contribution is 7.14. The number of carboxylic acids is 1. The molecule has 0 spiro atoms. The maximum Gasteiger partial charge on any atom is 0.413 e. The first-order valence-electron chi connectivity index (χ1n) is 13.6. The van der Waals surface area contributed by atoms with Gasteiger partial charge in [-0.3, -0.25) is 14.9 Å². The monoisotopic (exact) mass is 643 g/mol. The molecular formula is C26H41N7O10S. The normalized spacial score (nSPS) is 17.8. The van der Waals surface area contributed by atoms with E-state index in [4.69, 9.17) is 14.3 Å². The fourth-order valence-electron chi connectivity index (χ4n) is 3.21. The van der Waals surface area contributed by atoms with Crippen molar-refractivity contribution >= 4 is 52.2 Å². The molecule has 18 heteroatoms. The lowest BCUT2D eigenvalue weighted by atomic mass is 9.98. The average Bonchev–Trinajstić information content (AvgIpc) is 3.31. The van der Waals surface area contributed by atoms with E-state index in [1.807, 2.05) is 0 Å². The van der Waals surface area contributed by atoms with Crippen LogP contribution >= 0.6 is 11.3 Å². The number of aliphatic hydroxyl groups excluding tert-OH is 1. The summed E-state index contributed by atoms with van der Waals surface area (Å²) < 4.78 is 10.3. The zero-order valence-electron chi connectivity index (χ0n) is 25.9. The van der Waals surface area contributed by atoms with E-state index in [9.17, 15) is 34.2 Å². The van der Waals surface area contributed by atoms with Crippen LogP contribution in [-0.2, 0) is 28.7 Å². The Labute approximate surface area is 258 Å². The topological polar surface area (TPSA) is 239 Å². The fourth-order valence-corrected chi connectivity index (χ4v) is 3.89. The van der Waals surface area contributed by atoms with Gasteiger partial charge in [0.05, 0.1) is 12.1 Å². The second-order valence-corrected chi connectivity index (χ2v) is 13.1. The lowest BCUT2D eigenvalue weighted by molar-refractivity contribution is -0.161. The van der Waals surface area contributed by atoms with Crippen LogP contribution in [0.25, 0.3) is 0 Å². The van der Waals surface area contributed by atoms with Crippen LogP contribution in [-0.4, -0.2) is 106 Å². The van der Waals surface area contributed by atoms with E-state index >= 15 is 0 Å². The number of rotatable bonds is 13. The van der Waals surface area contributed by atoms with Gasteiger partial charge in [0.1, 0.15) is 22.9 Å². The molecule has 246 valence electrons. The van der Waals surface area contributed by atoms with E-state index in [2.05, 4.69) is 36.7 Å². The minimum absolute atomic E-state index is 0.0555. The van der Waals surface area contributed by atoms with Gasteiger partial charge < -0.3 is 45.8 Å². The van der Waals surface area contributed by atoms with Crippen molar-refractivity contribution in [2.24, 2.45) is 5.16 Å². The van der Waals surface area contributed by atoms with Gasteiger partial charge in [-0.05, 0) is 55.4 Å². The summed E-state index contributed by atoms with van der Waals surface area (Å²) >= 11 is 0.948. The van der Waals surface area contributed by atoms with Gasteiger partial charge in [-0.25, -0.2) is 19.4 Å². The van der Waals surface area contributed by atoms with Crippen LogP contribution in [0.5, 0.6) is 0 Å². The maximum atomic E-state index is 13.3. The highest BCUT2D eigenvalue weighted by atomic mass is 32.1. The van der Waals surface area contributed by atoms with Crippen LogP contribution in [0, 0.1) is 0 Å². The van der Waals surface area contributed by atoms with Gasteiger partial charge in [0.25, 0.3) is 5.91 Å². The number of carbonyl (C=O) groups excluding carboxylic acids is 4. The molecule has 44 heavy (non-hydrogen) atoms. The van der Waals surface area contributed by atoms with Gasteiger partial charge in [0.15, 0.2) is 10.8 Å². The van der Waals surface area contributed by atoms with E-state index in [0.717, 1.165) is 11.3 Å². The minimum Gasteiger partial charge on any atom is -0.478 e. The Morgan fingerprint density at radius 2 is 1.66 bits per heavy atom. The van der Waals surface area contributed by atoms with Crippen LogP contribution in [0.4, 0.5) is 14.7 Å². The summed E-state index contributed by atoms with van der Waals surface area (Å²) in [5.74, 6) is -2.74. The van der Waals surface area contributed by atoms with Crippen LogP contribution in [0.1, 0.15) is 61.1 Å². The van der Waals surface area contributed by atoms with Gasteiger partial charge in [-0.2, -0.15) is 0 Å². The van der Waals surface area contributed by atoms with E-state index in [0.29, 0.717) is 0 Å². The molecule has 0 saturated carbocycles. The summed E-state index contributed by atoms with van der Waals surface area (Å²) in [6.07, 6.45) is -2.42. The van der Waals surface area contributed by atoms with Gasteiger partial charge in [-0.1, -0.05) is 5.16 Å². The molecule has 2 rings (SSSR count). The summed E-state index contributed by atoms with van der Waals surface area (Å²) in [6.45, 7) is 12.8. The molecule has 1 saturated heterocycles. The predicted molar refractivity (Wildman–Crippen MR) is 158 cm³/mol. The summed E-state index contributed by atoms with van der Waals surface area (Å²) in [7, 11) is 0. The van der Waals surface area contributed by atoms with Crippen LogP contribution in [0.2, 0.25) is 0 Å². The molecule has 2 heterocycles. The first-order valence-corrected chi connectivity index (χ1v) is 14.5. The Kier molecular flexibility index (Phi) is 12.0. The molecule has 1 aromatic rings. The van der Waals surface area contributed by atoms with Crippen molar-refractivity contribution in [1.29, 1.82) is 0 Å². The number of oxime groups is 1. The largest absolute Gasteiger partial charge is 0.478 e. The Bertz CT molecular complexity index is 1250. The number of aliphatic carboxylic acids is 1. The molecule has 0 aliphatic carbocycles. The number of anilines is 1. The molecular weight excluding hydrogens is 602 g/mol. The number of ether oxygens (including phenoxy) is 2. The zero-order valence-corrected chi connectivity index (χ0v) is 26.7. The van der Waals surface area contributed by atoms with Gasteiger partial charge in [0.2, 0.25) is 11.5 Å². The molecule has 7 N–H and O–H groups in total. The number of nitrogens with zero attached hydrogens (tertiary/aromatic N) is 2. The summed E-state index contributed by atoms with van der Waals surface area (Å²) in [4.78, 5) is 70.2. The molecule has 4 amide bonds. The second kappa shape index (κ2) is 14.6. The van der Waals surface area contributed by atoms with Gasteiger partial charge in [-0.15, -0.1) is 11.3 Å². The van der Waals surface area contributed by atoms with Crippen molar-refractivity contribution in [2.75, 3.05) is 25.0 Å². The SMILES string of the molecule is CC(C)(C)OC(=O)NC[C@H](O)CNC[C@@H]1NC(=O)[C@H]1NC(=O)C(=NOC(C)(C)C(=O)O)c1csc(NC(=O)OC(C)(C)C)n1. The molecule has 0 radical (unpaired) electrons. The van der Waals surface area contributed by atoms with Crippen LogP contribution in [0.15, 0.2) is 10.5 Å². The Balaban J connectivity index is 2.05. The highest BCUT2D eigenvalue weighted by Crippen LogP contribution is 2.20. The zero-order chi connectivity index (χ0) is 33.5. The fraction of sp³-hybridized carbons (Fsp3) is 0.654. The van der Waals surface area contributed by atoms with Crippen molar-refractivity contribution in [3.8, 4) is 0 Å². The van der Waals surface area contributed by atoms with E-state index in [1.165, 1.54) is 19.2 Å². The molecule has 3 atom stereocenters. The number of alkyl carbamates (subject to hydrolysis) is 1. The third kappa shape index (κ3) is 11.9. The summed E-state index contributed by atoms with van der Waals surface area (Å²) in [5, 5.41) is 37.7. The Morgan fingerprint density at radius 3 is 2.23 bits per heavy atom. The van der Waals surface area contributed by atoms with Gasteiger partial charge in [0, 0.05) is 25.0 Å². The predicted octanol–water partition coefficient (Wildman–Crippen LogP) is 0.532. The summed E-state index contributed by atoms with van der Waals surface area (Å²) in [5.41, 5.74) is -3.76.